The van der Waals surface area contributed by atoms with Crippen LogP contribution in [0.2, 0.25) is 0 Å². The Morgan fingerprint density at radius 3 is 2.00 bits per heavy atom. The number of hydrogen-bond acceptors (Lipinski definition) is 3. The summed E-state index contributed by atoms with van der Waals surface area (Å²) in [5, 5.41) is 0. The van der Waals surface area contributed by atoms with E-state index in [4.69, 9.17) is 15.2 Å². The van der Waals surface area contributed by atoms with E-state index < -0.39 is 6.17 Å². The minimum absolute atomic E-state index is 0.152. The van der Waals surface area contributed by atoms with Crippen molar-refractivity contribution in [2.75, 3.05) is 20.8 Å². The van der Waals surface area contributed by atoms with Crippen molar-refractivity contribution < 1.29 is 13.9 Å². The Bertz CT molecular complexity index is 360. The fraction of sp³-hybridized carbons (Fsp3) is 0.571. The van der Waals surface area contributed by atoms with E-state index in [1.165, 1.54) is 14.2 Å². The Labute approximate surface area is 108 Å². The number of rotatable bonds is 6. The Morgan fingerprint density at radius 1 is 1.17 bits per heavy atom. The molecule has 1 aromatic rings. The van der Waals surface area contributed by atoms with Crippen LogP contribution in [-0.4, -0.2) is 20.8 Å². The van der Waals surface area contributed by atoms with Gasteiger partial charge in [0.25, 0.3) is 0 Å². The van der Waals surface area contributed by atoms with Crippen LogP contribution in [0.4, 0.5) is 4.39 Å². The van der Waals surface area contributed by atoms with E-state index in [0.29, 0.717) is 23.6 Å². The number of methoxy groups -OCH3 is 2. The summed E-state index contributed by atoms with van der Waals surface area (Å²) in [6.07, 6.45) is -1.19. The maximum atomic E-state index is 14.7. The van der Waals surface area contributed by atoms with Gasteiger partial charge in [0.15, 0.2) is 0 Å². The largest absolute Gasteiger partial charge is 0.496 e. The van der Waals surface area contributed by atoms with Crippen molar-refractivity contribution in [3.05, 3.63) is 23.8 Å². The number of alkyl halides is 1. The van der Waals surface area contributed by atoms with Crippen LogP contribution in [0.5, 0.6) is 11.5 Å². The van der Waals surface area contributed by atoms with E-state index in [-0.39, 0.29) is 11.8 Å². The summed E-state index contributed by atoms with van der Waals surface area (Å²) in [5.74, 6) is 0.900. The van der Waals surface area contributed by atoms with Gasteiger partial charge in [0.05, 0.1) is 19.8 Å². The molecule has 0 fully saturated rings. The highest BCUT2D eigenvalue weighted by Gasteiger charge is 2.29. The van der Waals surface area contributed by atoms with Gasteiger partial charge in [-0.3, -0.25) is 0 Å². The average molecular weight is 255 g/mol. The summed E-state index contributed by atoms with van der Waals surface area (Å²) < 4.78 is 25.2. The molecule has 1 rings (SSSR count). The Morgan fingerprint density at radius 2 is 1.67 bits per heavy atom. The van der Waals surface area contributed by atoms with Gasteiger partial charge in [-0.15, -0.1) is 0 Å². The van der Waals surface area contributed by atoms with Crippen molar-refractivity contribution in [2.45, 2.75) is 20.0 Å². The highest BCUT2D eigenvalue weighted by molar-refractivity contribution is 5.46. The third-order valence-corrected chi connectivity index (χ3v) is 3.25. The van der Waals surface area contributed by atoms with Crippen molar-refractivity contribution in [2.24, 2.45) is 17.6 Å². The van der Waals surface area contributed by atoms with Crippen LogP contribution in [0.25, 0.3) is 0 Å². The van der Waals surface area contributed by atoms with Gasteiger partial charge in [-0.2, -0.15) is 0 Å². The monoisotopic (exact) mass is 255 g/mol. The average Bonchev–Trinajstić information content (AvgIpc) is 2.37. The lowest BCUT2D eigenvalue weighted by molar-refractivity contribution is 0.179. The zero-order valence-electron chi connectivity index (χ0n) is 11.4. The molecule has 2 unspecified atom stereocenters. The van der Waals surface area contributed by atoms with E-state index in [0.717, 1.165) is 0 Å². The second-order valence-electron chi connectivity index (χ2n) is 4.62. The minimum atomic E-state index is -1.19. The second-order valence-corrected chi connectivity index (χ2v) is 4.62. The van der Waals surface area contributed by atoms with Crippen LogP contribution in [0, 0.1) is 11.8 Å². The minimum Gasteiger partial charge on any atom is -0.496 e. The molecule has 102 valence electrons. The van der Waals surface area contributed by atoms with Crippen LogP contribution in [0.1, 0.15) is 25.6 Å². The van der Waals surface area contributed by atoms with Gasteiger partial charge < -0.3 is 15.2 Å². The number of ether oxygens (including phenoxy) is 2. The first-order valence-corrected chi connectivity index (χ1v) is 6.11. The maximum absolute atomic E-state index is 14.7. The highest BCUT2D eigenvalue weighted by atomic mass is 19.1. The van der Waals surface area contributed by atoms with Crippen LogP contribution < -0.4 is 15.2 Å². The molecule has 0 saturated heterocycles. The fourth-order valence-electron chi connectivity index (χ4n) is 2.10. The van der Waals surface area contributed by atoms with Gasteiger partial charge in [-0.05, 0) is 24.6 Å². The molecular weight excluding hydrogens is 233 g/mol. The molecule has 2 atom stereocenters. The van der Waals surface area contributed by atoms with E-state index >= 15 is 0 Å². The van der Waals surface area contributed by atoms with Crippen molar-refractivity contribution >= 4 is 0 Å². The van der Waals surface area contributed by atoms with Crippen LogP contribution >= 0.6 is 0 Å². The number of benzene rings is 1. The van der Waals surface area contributed by atoms with Gasteiger partial charge in [0, 0.05) is 5.92 Å². The first-order chi connectivity index (χ1) is 8.56. The molecule has 0 aliphatic carbocycles. The number of halogens is 1. The van der Waals surface area contributed by atoms with E-state index in [1.807, 2.05) is 13.8 Å². The van der Waals surface area contributed by atoms with Gasteiger partial charge in [-0.25, -0.2) is 4.39 Å². The summed E-state index contributed by atoms with van der Waals surface area (Å²) in [6, 6.07) is 5.25. The lowest BCUT2D eigenvalue weighted by Crippen LogP contribution is -2.25. The SMILES string of the molecule is COc1cccc(OC)c1C(F)C(CN)C(C)C. The zero-order chi connectivity index (χ0) is 13.7. The zero-order valence-corrected chi connectivity index (χ0v) is 11.4. The normalized spacial score (nSPS) is 14.4. The maximum Gasteiger partial charge on any atom is 0.137 e. The van der Waals surface area contributed by atoms with Crippen molar-refractivity contribution in [1.82, 2.24) is 0 Å². The Hall–Kier alpha value is -1.29. The molecule has 4 heteroatoms. The lowest BCUT2D eigenvalue weighted by Gasteiger charge is -2.25. The molecule has 18 heavy (non-hydrogen) atoms. The Kier molecular flexibility index (Phi) is 5.41. The van der Waals surface area contributed by atoms with Gasteiger partial charge in [0.2, 0.25) is 0 Å². The third-order valence-electron chi connectivity index (χ3n) is 3.25. The van der Waals surface area contributed by atoms with E-state index in [1.54, 1.807) is 18.2 Å². The summed E-state index contributed by atoms with van der Waals surface area (Å²) in [4.78, 5) is 0. The molecule has 2 N–H and O–H groups in total. The summed E-state index contributed by atoms with van der Waals surface area (Å²) in [5.41, 5.74) is 6.12. The molecule has 0 radical (unpaired) electrons. The molecule has 0 heterocycles. The fourth-order valence-corrected chi connectivity index (χ4v) is 2.10. The first-order valence-electron chi connectivity index (χ1n) is 6.11. The molecule has 3 nitrogen and oxygen atoms in total. The highest BCUT2D eigenvalue weighted by Crippen LogP contribution is 2.41. The van der Waals surface area contributed by atoms with E-state index in [2.05, 4.69) is 0 Å². The molecule has 0 amide bonds. The van der Waals surface area contributed by atoms with E-state index in [9.17, 15) is 4.39 Å². The number of nitrogens with two attached hydrogens (primary N) is 1. The molecule has 0 spiro atoms. The third kappa shape index (κ3) is 2.93. The second kappa shape index (κ2) is 6.59. The van der Waals surface area contributed by atoms with Crippen LogP contribution in [0.3, 0.4) is 0 Å². The summed E-state index contributed by atoms with van der Waals surface area (Å²) in [7, 11) is 3.05. The van der Waals surface area contributed by atoms with Gasteiger partial charge in [-0.1, -0.05) is 19.9 Å². The lowest BCUT2D eigenvalue weighted by atomic mass is 9.87. The van der Waals surface area contributed by atoms with Gasteiger partial charge in [0.1, 0.15) is 17.7 Å². The Balaban J connectivity index is 3.20. The van der Waals surface area contributed by atoms with Crippen LogP contribution in [0.15, 0.2) is 18.2 Å². The van der Waals surface area contributed by atoms with Crippen molar-refractivity contribution in [1.29, 1.82) is 0 Å². The molecular formula is C14H22FNO2. The molecule has 0 aliphatic rings. The molecule has 0 aromatic heterocycles. The standard InChI is InChI=1S/C14H22FNO2/c1-9(2)10(8-16)14(15)13-11(17-3)6-5-7-12(13)18-4/h5-7,9-10,14H,8,16H2,1-4H3. The molecule has 0 bridgehead atoms. The predicted octanol–water partition coefficient (Wildman–Crippen LogP) is 2.95. The molecule has 0 aliphatic heterocycles. The number of hydrogen-bond donors (Lipinski definition) is 1. The summed E-state index contributed by atoms with van der Waals surface area (Å²) in [6.45, 7) is 4.22. The van der Waals surface area contributed by atoms with Crippen LogP contribution in [-0.2, 0) is 0 Å². The smallest absolute Gasteiger partial charge is 0.137 e. The summed E-state index contributed by atoms with van der Waals surface area (Å²) >= 11 is 0. The van der Waals surface area contributed by atoms with Crippen molar-refractivity contribution in [3.63, 3.8) is 0 Å². The predicted molar refractivity (Wildman–Crippen MR) is 70.8 cm³/mol. The molecule has 0 saturated carbocycles. The quantitative estimate of drug-likeness (QED) is 0.850. The molecule has 1 aromatic carbocycles. The van der Waals surface area contributed by atoms with Crippen molar-refractivity contribution in [3.8, 4) is 11.5 Å². The first kappa shape index (κ1) is 14.8. The van der Waals surface area contributed by atoms with Gasteiger partial charge >= 0.3 is 0 Å². The topological polar surface area (TPSA) is 44.5 Å².